The quantitative estimate of drug-likeness (QED) is 0.499. The summed E-state index contributed by atoms with van der Waals surface area (Å²) in [6, 6.07) is 0. The molecule has 0 aromatic rings. The summed E-state index contributed by atoms with van der Waals surface area (Å²) in [7, 11) is -2.41. The third kappa shape index (κ3) is 5.10. The van der Waals surface area contributed by atoms with Crippen molar-refractivity contribution in [2.75, 3.05) is 0 Å². The van der Waals surface area contributed by atoms with Gasteiger partial charge in [0.1, 0.15) is 0 Å². The van der Waals surface area contributed by atoms with Gasteiger partial charge in [0.25, 0.3) is 0 Å². The summed E-state index contributed by atoms with van der Waals surface area (Å²) in [5.74, 6) is -1.20. The summed E-state index contributed by atoms with van der Waals surface area (Å²) in [6.45, 7) is 8.21. The molecule has 5 heteroatoms. The highest BCUT2D eigenvalue weighted by Crippen LogP contribution is 1.95. The molecule has 4 nitrogen and oxygen atoms in total. The van der Waals surface area contributed by atoms with Crippen LogP contribution < -0.4 is 0 Å². The molecule has 0 fully saturated rings. The molecule has 0 rings (SSSR count). The maximum Gasteiger partial charge on any atom is 0.475 e. The maximum absolute atomic E-state index is 10.8. The van der Waals surface area contributed by atoms with Gasteiger partial charge in [-0.25, -0.2) is 9.59 Å². The lowest BCUT2D eigenvalue weighted by atomic mass is 10.7. The van der Waals surface area contributed by atoms with Gasteiger partial charge < -0.3 is 8.85 Å². The van der Waals surface area contributed by atoms with Crippen LogP contribution in [-0.4, -0.2) is 21.2 Å². The first kappa shape index (κ1) is 12.4. The average molecular weight is 212 g/mol. The minimum atomic E-state index is -2.41. The van der Waals surface area contributed by atoms with Crippen LogP contribution in [0.4, 0.5) is 0 Å². The first-order chi connectivity index (χ1) is 6.63. The number of carbonyl (C=O) groups is 2. The van der Waals surface area contributed by atoms with Gasteiger partial charge in [0, 0.05) is 12.2 Å². The highest BCUT2D eigenvalue weighted by molar-refractivity contribution is 6.55. The van der Waals surface area contributed by atoms with Crippen molar-refractivity contribution in [1.82, 2.24) is 0 Å². The summed E-state index contributed by atoms with van der Waals surface area (Å²) in [5, 5.41) is 0. The minimum absolute atomic E-state index is 0.600. The molecular weight excluding hydrogens is 200 g/mol. The molecule has 0 N–H and O–H groups in total. The zero-order chi connectivity index (χ0) is 11.0. The molecule has 0 aromatic heterocycles. The smallest absolute Gasteiger partial charge is 0.475 e. The molecule has 0 saturated heterocycles. The topological polar surface area (TPSA) is 52.6 Å². The Labute approximate surface area is 84.4 Å². The monoisotopic (exact) mass is 212 g/mol. The summed E-state index contributed by atoms with van der Waals surface area (Å²) in [6.07, 6.45) is 3.69. The van der Waals surface area contributed by atoms with Gasteiger partial charge in [0.2, 0.25) is 0 Å². The molecule has 0 atom stereocenters. The summed E-state index contributed by atoms with van der Waals surface area (Å²) in [4.78, 5) is 21.6. The Kier molecular flexibility index (Phi) is 6.05. The van der Waals surface area contributed by atoms with Crippen LogP contribution in [0.3, 0.4) is 0 Å². The van der Waals surface area contributed by atoms with Crippen molar-refractivity contribution >= 4 is 21.2 Å². The van der Waals surface area contributed by atoms with E-state index < -0.39 is 21.2 Å². The van der Waals surface area contributed by atoms with Crippen molar-refractivity contribution in [3.05, 3.63) is 37.1 Å². The van der Waals surface area contributed by atoms with Crippen LogP contribution in [0, 0.1) is 0 Å². The Morgan fingerprint density at radius 1 is 1.14 bits per heavy atom. The molecule has 0 radical (unpaired) electrons. The lowest BCUT2D eigenvalue weighted by Gasteiger charge is -2.10. The van der Waals surface area contributed by atoms with E-state index in [1.54, 1.807) is 18.7 Å². The van der Waals surface area contributed by atoms with Gasteiger partial charge in [-0.15, -0.1) is 0 Å². The van der Waals surface area contributed by atoms with E-state index >= 15 is 0 Å². The Balaban J connectivity index is 4.28. The SMILES string of the molecule is C=CC(=O)O[SiH](C=CC)OC(=O)C=C. The van der Waals surface area contributed by atoms with E-state index in [9.17, 15) is 9.59 Å². The lowest BCUT2D eigenvalue weighted by Crippen LogP contribution is -2.26. The lowest BCUT2D eigenvalue weighted by molar-refractivity contribution is -0.134. The second kappa shape index (κ2) is 6.85. The van der Waals surface area contributed by atoms with Gasteiger partial charge in [0.05, 0.1) is 0 Å². The molecule has 0 aliphatic rings. The third-order valence-corrected chi connectivity index (χ3v) is 2.78. The Morgan fingerprint density at radius 2 is 1.57 bits per heavy atom. The third-order valence-electron chi connectivity index (χ3n) is 1.15. The minimum Gasteiger partial charge on any atom is -0.481 e. The molecule has 0 unspecified atom stereocenters. The van der Waals surface area contributed by atoms with Gasteiger partial charge in [0.15, 0.2) is 0 Å². The zero-order valence-corrected chi connectivity index (χ0v) is 9.09. The van der Waals surface area contributed by atoms with E-state index in [2.05, 4.69) is 13.2 Å². The molecule has 0 bridgehead atoms. The van der Waals surface area contributed by atoms with E-state index in [1.165, 1.54) is 0 Å². The van der Waals surface area contributed by atoms with E-state index in [-0.39, 0.29) is 0 Å². The average Bonchev–Trinajstić information content (AvgIpc) is 2.17. The zero-order valence-electron chi connectivity index (χ0n) is 7.93. The number of allylic oxidation sites excluding steroid dienone is 1. The van der Waals surface area contributed by atoms with Crippen LogP contribution in [0.1, 0.15) is 6.92 Å². The molecule has 0 aliphatic heterocycles. The van der Waals surface area contributed by atoms with E-state index in [1.807, 2.05) is 0 Å². The van der Waals surface area contributed by atoms with Crippen LogP contribution in [0.5, 0.6) is 0 Å². The van der Waals surface area contributed by atoms with Gasteiger partial charge in [-0.3, -0.25) is 0 Å². The van der Waals surface area contributed by atoms with Crippen LogP contribution in [0.15, 0.2) is 37.1 Å². The molecule has 0 aromatic carbocycles. The van der Waals surface area contributed by atoms with Crippen molar-refractivity contribution in [2.45, 2.75) is 6.92 Å². The molecular formula is C9H12O4Si. The van der Waals surface area contributed by atoms with Gasteiger partial charge in [-0.1, -0.05) is 19.2 Å². The Hall–Kier alpha value is -1.62. The summed E-state index contributed by atoms with van der Waals surface area (Å²) >= 11 is 0. The fourth-order valence-electron chi connectivity index (χ4n) is 0.585. The second-order valence-electron chi connectivity index (χ2n) is 2.18. The number of carbonyl (C=O) groups excluding carboxylic acids is 2. The van der Waals surface area contributed by atoms with Crippen LogP contribution in [0.2, 0.25) is 0 Å². The van der Waals surface area contributed by atoms with Crippen molar-refractivity contribution in [3.63, 3.8) is 0 Å². The van der Waals surface area contributed by atoms with Crippen molar-refractivity contribution in [3.8, 4) is 0 Å². The maximum atomic E-state index is 10.8. The molecule has 76 valence electrons. The summed E-state index contributed by atoms with van der Waals surface area (Å²) in [5.41, 5.74) is 1.56. The molecule has 0 spiro atoms. The molecule has 0 amide bonds. The van der Waals surface area contributed by atoms with Gasteiger partial charge in [-0.2, -0.15) is 0 Å². The fraction of sp³-hybridized carbons (Fsp3) is 0.111. The van der Waals surface area contributed by atoms with E-state index in [0.717, 1.165) is 12.2 Å². The van der Waals surface area contributed by atoms with Gasteiger partial charge in [-0.05, 0) is 12.6 Å². The Morgan fingerprint density at radius 3 is 1.86 bits per heavy atom. The molecule has 0 saturated carbocycles. The molecule has 0 aliphatic carbocycles. The predicted octanol–water partition coefficient (Wildman–Crippen LogP) is 0.781. The second-order valence-corrected chi connectivity index (χ2v) is 3.77. The van der Waals surface area contributed by atoms with Crippen LogP contribution >= 0.6 is 0 Å². The highest BCUT2D eigenvalue weighted by Gasteiger charge is 2.16. The van der Waals surface area contributed by atoms with Crippen molar-refractivity contribution < 1.29 is 18.4 Å². The largest absolute Gasteiger partial charge is 0.481 e. The van der Waals surface area contributed by atoms with E-state index in [0.29, 0.717) is 0 Å². The molecule has 14 heavy (non-hydrogen) atoms. The number of rotatable bonds is 5. The van der Waals surface area contributed by atoms with Crippen LogP contribution in [0.25, 0.3) is 0 Å². The predicted molar refractivity (Wildman–Crippen MR) is 54.5 cm³/mol. The molecule has 0 heterocycles. The fourth-order valence-corrected chi connectivity index (χ4v) is 1.75. The first-order valence-electron chi connectivity index (χ1n) is 3.93. The van der Waals surface area contributed by atoms with Gasteiger partial charge >= 0.3 is 21.2 Å². The number of hydrogen-bond donors (Lipinski definition) is 0. The number of hydrogen-bond acceptors (Lipinski definition) is 4. The van der Waals surface area contributed by atoms with Crippen LogP contribution in [-0.2, 0) is 18.4 Å². The summed E-state index contributed by atoms with van der Waals surface area (Å²) < 4.78 is 9.63. The standard InChI is InChI=1S/C9H12O4Si/c1-4-7-14(12-8(10)5-2)13-9(11)6-3/h4-7,14H,2-3H2,1H3. The van der Waals surface area contributed by atoms with Crippen molar-refractivity contribution in [1.29, 1.82) is 0 Å². The normalized spacial score (nSPS) is 9.86. The first-order valence-corrected chi connectivity index (χ1v) is 5.54. The highest BCUT2D eigenvalue weighted by atomic mass is 28.3. The Bertz CT molecular complexity index is 248. The van der Waals surface area contributed by atoms with E-state index in [4.69, 9.17) is 8.85 Å². The van der Waals surface area contributed by atoms with Crippen molar-refractivity contribution in [2.24, 2.45) is 0 Å².